The molecule has 9 heteroatoms. The first-order chi connectivity index (χ1) is 13.4. The summed E-state index contributed by atoms with van der Waals surface area (Å²) in [4.78, 5) is 39.4. The fourth-order valence-corrected chi connectivity index (χ4v) is 3.92. The van der Waals surface area contributed by atoms with Crippen LogP contribution in [0.2, 0.25) is 0 Å². The molecule has 3 heterocycles. The molecule has 1 unspecified atom stereocenters. The van der Waals surface area contributed by atoms with E-state index in [0.29, 0.717) is 30.2 Å². The van der Waals surface area contributed by atoms with Crippen LogP contribution in [0, 0.1) is 11.3 Å². The summed E-state index contributed by atoms with van der Waals surface area (Å²) in [5.74, 6) is -0.0551. The zero-order chi connectivity index (χ0) is 20.1. The van der Waals surface area contributed by atoms with E-state index in [0.717, 1.165) is 11.3 Å². The van der Waals surface area contributed by atoms with Crippen molar-refractivity contribution in [1.82, 2.24) is 14.7 Å². The highest BCUT2D eigenvalue weighted by atomic mass is 16.2. The molecule has 0 bridgehead atoms. The predicted molar refractivity (Wildman–Crippen MR) is 103 cm³/mol. The first kappa shape index (κ1) is 18.1. The second-order valence-corrected chi connectivity index (χ2v) is 7.34. The first-order valence-electron chi connectivity index (χ1n) is 9.11. The van der Waals surface area contributed by atoms with Gasteiger partial charge in [-0.3, -0.25) is 14.6 Å². The van der Waals surface area contributed by atoms with Gasteiger partial charge in [-0.25, -0.2) is 14.8 Å². The van der Waals surface area contributed by atoms with Gasteiger partial charge in [0.25, 0.3) is 5.91 Å². The quantitative estimate of drug-likeness (QED) is 0.785. The SMILES string of the molecule is CN1C(=O)C2=NC(N3CCC(N)C3)=N[C@@]2(Cc2ccccc2C#N)N(C)C1=O. The standard InChI is InChI=1S/C19H21N7O2/c1-24-16(27)15-19(25(2)18(24)28,9-12-5-3-4-6-13(12)10-20)23-17(22-15)26-8-7-14(21)11-26/h3-6,14H,7-9,11,21H2,1-2H3/t14?,19-/m0/s1. The molecule has 144 valence electrons. The summed E-state index contributed by atoms with van der Waals surface area (Å²) in [5, 5.41) is 9.46. The van der Waals surface area contributed by atoms with Gasteiger partial charge in [-0.15, -0.1) is 0 Å². The molecule has 0 saturated carbocycles. The number of aliphatic imine (C=N–C) groups is 2. The fraction of sp³-hybridized carbons (Fsp3) is 0.421. The normalized spacial score (nSPS) is 26.9. The van der Waals surface area contributed by atoms with E-state index in [1.807, 2.05) is 17.0 Å². The minimum absolute atomic E-state index is 0.0264. The Labute approximate surface area is 162 Å². The Morgan fingerprint density at radius 1 is 1.32 bits per heavy atom. The highest BCUT2D eigenvalue weighted by Crippen LogP contribution is 2.35. The molecule has 9 nitrogen and oxygen atoms in total. The number of imide groups is 1. The van der Waals surface area contributed by atoms with E-state index in [1.54, 1.807) is 19.2 Å². The molecule has 3 aliphatic rings. The summed E-state index contributed by atoms with van der Waals surface area (Å²) in [6.07, 6.45) is 1.01. The summed E-state index contributed by atoms with van der Waals surface area (Å²) in [7, 11) is 3.04. The summed E-state index contributed by atoms with van der Waals surface area (Å²) < 4.78 is 0. The van der Waals surface area contributed by atoms with Crippen molar-refractivity contribution < 1.29 is 9.59 Å². The van der Waals surface area contributed by atoms with Gasteiger partial charge in [0.05, 0.1) is 11.6 Å². The van der Waals surface area contributed by atoms with E-state index < -0.39 is 17.6 Å². The lowest BCUT2D eigenvalue weighted by Gasteiger charge is -2.42. The van der Waals surface area contributed by atoms with Gasteiger partial charge in [0.15, 0.2) is 11.4 Å². The van der Waals surface area contributed by atoms with Gasteiger partial charge in [0.1, 0.15) is 0 Å². The minimum atomic E-state index is -1.27. The van der Waals surface area contributed by atoms with Crippen molar-refractivity contribution in [3.63, 3.8) is 0 Å². The molecule has 0 aromatic heterocycles. The average Bonchev–Trinajstić information content (AvgIpc) is 3.30. The molecular formula is C19H21N7O2. The van der Waals surface area contributed by atoms with Gasteiger partial charge in [0, 0.05) is 39.6 Å². The Kier molecular flexibility index (Phi) is 4.16. The van der Waals surface area contributed by atoms with Crippen LogP contribution in [-0.2, 0) is 11.2 Å². The maximum atomic E-state index is 12.9. The second kappa shape index (κ2) is 6.42. The van der Waals surface area contributed by atoms with Crippen molar-refractivity contribution in [2.24, 2.45) is 15.7 Å². The molecule has 3 amide bonds. The number of nitrogens with two attached hydrogens (primary N) is 1. The van der Waals surface area contributed by atoms with Gasteiger partial charge in [-0.05, 0) is 18.1 Å². The topological polar surface area (TPSA) is 118 Å². The van der Waals surface area contributed by atoms with E-state index in [2.05, 4.69) is 11.1 Å². The minimum Gasteiger partial charge on any atom is -0.339 e. The molecule has 28 heavy (non-hydrogen) atoms. The van der Waals surface area contributed by atoms with Crippen molar-refractivity contribution in [2.75, 3.05) is 27.2 Å². The van der Waals surface area contributed by atoms with Crippen LogP contribution < -0.4 is 5.73 Å². The lowest BCUT2D eigenvalue weighted by Crippen LogP contribution is -2.66. The molecule has 2 saturated heterocycles. The van der Waals surface area contributed by atoms with E-state index in [9.17, 15) is 14.9 Å². The van der Waals surface area contributed by atoms with Gasteiger partial charge in [0.2, 0.25) is 5.96 Å². The van der Waals surface area contributed by atoms with Crippen molar-refractivity contribution in [1.29, 1.82) is 5.26 Å². The molecule has 2 N–H and O–H groups in total. The summed E-state index contributed by atoms with van der Waals surface area (Å²) in [5.41, 5.74) is 6.13. The zero-order valence-electron chi connectivity index (χ0n) is 15.8. The van der Waals surface area contributed by atoms with Crippen LogP contribution in [0.5, 0.6) is 0 Å². The number of carbonyl (C=O) groups excluding carboxylic acids is 2. The van der Waals surface area contributed by atoms with E-state index in [-0.39, 0.29) is 18.2 Å². The van der Waals surface area contributed by atoms with E-state index in [4.69, 9.17) is 10.7 Å². The molecule has 2 fully saturated rings. The van der Waals surface area contributed by atoms with Crippen LogP contribution in [0.25, 0.3) is 0 Å². The Hall–Kier alpha value is -3.25. The molecule has 4 rings (SSSR count). The third-order valence-electron chi connectivity index (χ3n) is 5.59. The van der Waals surface area contributed by atoms with Gasteiger partial charge in [-0.2, -0.15) is 5.26 Å². The smallest absolute Gasteiger partial charge is 0.328 e. The number of nitrogens with zero attached hydrogens (tertiary/aromatic N) is 6. The summed E-state index contributed by atoms with van der Waals surface area (Å²) in [6.45, 7) is 1.30. The Morgan fingerprint density at radius 3 is 2.75 bits per heavy atom. The number of nitriles is 1. The van der Waals surface area contributed by atoms with Crippen LogP contribution in [-0.4, -0.2) is 77.2 Å². The first-order valence-corrected chi connectivity index (χ1v) is 9.11. The molecule has 0 spiro atoms. The lowest BCUT2D eigenvalue weighted by molar-refractivity contribution is -0.122. The van der Waals surface area contributed by atoms with Gasteiger partial charge < -0.3 is 10.6 Å². The molecule has 2 atom stereocenters. The molecule has 0 aliphatic carbocycles. The predicted octanol–water partition coefficient (Wildman–Crippen LogP) is 0.164. The number of likely N-dealkylation sites (tertiary alicyclic amines) is 1. The Morgan fingerprint density at radius 2 is 2.07 bits per heavy atom. The summed E-state index contributed by atoms with van der Waals surface area (Å²) in [6, 6.07) is 8.85. The van der Waals surface area contributed by atoms with Crippen LogP contribution in [0.4, 0.5) is 4.79 Å². The van der Waals surface area contributed by atoms with Gasteiger partial charge >= 0.3 is 6.03 Å². The van der Waals surface area contributed by atoms with Crippen molar-refractivity contribution >= 4 is 23.6 Å². The average molecular weight is 379 g/mol. The fourth-order valence-electron chi connectivity index (χ4n) is 3.92. The Bertz CT molecular complexity index is 963. The lowest BCUT2D eigenvalue weighted by atomic mass is 9.89. The molecule has 1 aromatic carbocycles. The third kappa shape index (κ3) is 2.57. The number of hydrogen-bond donors (Lipinski definition) is 1. The largest absolute Gasteiger partial charge is 0.339 e. The monoisotopic (exact) mass is 379 g/mol. The van der Waals surface area contributed by atoms with Crippen LogP contribution >= 0.6 is 0 Å². The molecular weight excluding hydrogens is 358 g/mol. The molecule has 1 aromatic rings. The van der Waals surface area contributed by atoms with Crippen LogP contribution in [0.1, 0.15) is 17.5 Å². The maximum Gasteiger partial charge on any atom is 0.328 e. The number of amides is 3. The number of rotatable bonds is 2. The highest BCUT2D eigenvalue weighted by molar-refractivity contribution is 6.48. The van der Waals surface area contributed by atoms with Gasteiger partial charge in [-0.1, -0.05) is 18.2 Å². The third-order valence-corrected chi connectivity index (χ3v) is 5.59. The van der Waals surface area contributed by atoms with Crippen molar-refractivity contribution in [3.05, 3.63) is 35.4 Å². The van der Waals surface area contributed by atoms with Crippen molar-refractivity contribution in [3.8, 4) is 6.07 Å². The number of urea groups is 1. The second-order valence-electron chi connectivity index (χ2n) is 7.34. The van der Waals surface area contributed by atoms with Crippen LogP contribution in [0.15, 0.2) is 34.3 Å². The number of benzene rings is 1. The molecule has 3 aliphatic heterocycles. The maximum absolute atomic E-state index is 12.9. The number of carbonyl (C=O) groups is 2. The highest BCUT2D eigenvalue weighted by Gasteiger charge is 2.56. The van der Waals surface area contributed by atoms with Crippen molar-refractivity contribution in [2.45, 2.75) is 24.5 Å². The van der Waals surface area contributed by atoms with Crippen LogP contribution in [0.3, 0.4) is 0 Å². The molecule has 0 radical (unpaired) electrons. The Balaban J connectivity index is 1.83. The zero-order valence-corrected chi connectivity index (χ0v) is 15.8. The number of fused-ring (bicyclic) bond motifs is 1. The number of guanidine groups is 1. The number of likely N-dealkylation sites (N-methyl/N-ethyl adjacent to an activating group) is 1. The number of hydrogen-bond acceptors (Lipinski definition) is 7. The summed E-state index contributed by atoms with van der Waals surface area (Å²) >= 11 is 0. The van der Waals surface area contributed by atoms with E-state index in [1.165, 1.54) is 11.9 Å². The van der Waals surface area contributed by atoms with E-state index >= 15 is 0 Å².